The summed E-state index contributed by atoms with van der Waals surface area (Å²) in [4.78, 5) is 0. The van der Waals surface area contributed by atoms with Gasteiger partial charge < -0.3 is 4.74 Å². The molecule has 0 aromatic heterocycles. The van der Waals surface area contributed by atoms with Crippen molar-refractivity contribution in [1.82, 2.24) is 0 Å². The van der Waals surface area contributed by atoms with Crippen molar-refractivity contribution >= 4 is 23.4 Å². The zero-order chi connectivity index (χ0) is 15.1. The first kappa shape index (κ1) is 17.2. The maximum Gasteiger partial charge on any atom is 0.133 e. The van der Waals surface area contributed by atoms with Crippen LogP contribution >= 0.6 is 23.4 Å². The molecule has 20 heavy (non-hydrogen) atoms. The summed E-state index contributed by atoms with van der Waals surface area (Å²) < 4.78 is 5.88. The van der Waals surface area contributed by atoms with Crippen molar-refractivity contribution in [3.05, 3.63) is 28.3 Å². The molecular formula is C16H22ClNOS. The molecule has 0 heterocycles. The Balaban J connectivity index is 3.12. The molecule has 1 unspecified atom stereocenters. The van der Waals surface area contributed by atoms with E-state index in [9.17, 15) is 0 Å². The summed E-state index contributed by atoms with van der Waals surface area (Å²) in [5.41, 5.74) is 2.32. The fraction of sp³-hybridized carbons (Fsp3) is 0.562. The van der Waals surface area contributed by atoms with Crippen molar-refractivity contribution in [3.8, 4) is 11.2 Å². The lowest BCUT2D eigenvalue weighted by atomic mass is 9.91. The lowest BCUT2D eigenvalue weighted by molar-refractivity contribution is 0.329. The first-order valence-electron chi connectivity index (χ1n) is 6.98. The highest BCUT2D eigenvalue weighted by atomic mass is 35.5. The molecule has 4 heteroatoms. The van der Waals surface area contributed by atoms with E-state index < -0.39 is 0 Å². The van der Waals surface area contributed by atoms with Crippen LogP contribution in [0.25, 0.3) is 0 Å². The predicted molar refractivity (Wildman–Crippen MR) is 87.8 cm³/mol. The predicted octanol–water partition coefficient (Wildman–Crippen LogP) is 5.57. The van der Waals surface area contributed by atoms with Gasteiger partial charge in [-0.25, -0.2) is 0 Å². The van der Waals surface area contributed by atoms with Gasteiger partial charge in [-0.15, -0.1) is 0 Å². The highest BCUT2D eigenvalue weighted by Crippen LogP contribution is 2.38. The molecule has 0 saturated carbocycles. The Labute approximate surface area is 131 Å². The van der Waals surface area contributed by atoms with Crippen LogP contribution in [0.2, 0.25) is 5.02 Å². The number of nitrogens with zero attached hydrogens (tertiary/aromatic N) is 1. The Morgan fingerprint density at radius 1 is 1.30 bits per heavy atom. The van der Waals surface area contributed by atoms with Gasteiger partial charge in [-0.2, -0.15) is 5.26 Å². The van der Waals surface area contributed by atoms with E-state index in [0.29, 0.717) is 18.4 Å². The number of nitriles is 1. The fourth-order valence-electron chi connectivity index (χ4n) is 2.18. The molecule has 0 N–H and O–H groups in total. The summed E-state index contributed by atoms with van der Waals surface area (Å²) >= 11 is 7.56. The van der Waals surface area contributed by atoms with Crippen molar-refractivity contribution in [3.63, 3.8) is 0 Å². The van der Waals surface area contributed by atoms with Crippen LogP contribution in [0, 0.1) is 10.7 Å². The SMILES string of the molecule is CCOc1c(C(C)C)cc(Cl)cc1C(C)CCSC#N. The van der Waals surface area contributed by atoms with E-state index in [1.165, 1.54) is 11.8 Å². The topological polar surface area (TPSA) is 33.0 Å². The first-order chi connectivity index (χ1) is 9.51. The molecule has 1 rings (SSSR count). The summed E-state index contributed by atoms with van der Waals surface area (Å²) in [6.45, 7) is 9.10. The lowest BCUT2D eigenvalue weighted by Gasteiger charge is -2.21. The summed E-state index contributed by atoms with van der Waals surface area (Å²) in [6, 6.07) is 4.00. The van der Waals surface area contributed by atoms with E-state index in [1.54, 1.807) is 0 Å². The van der Waals surface area contributed by atoms with E-state index in [4.69, 9.17) is 21.6 Å². The number of ether oxygens (including phenoxy) is 1. The Morgan fingerprint density at radius 3 is 2.50 bits per heavy atom. The zero-order valence-electron chi connectivity index (χ0n) is 12.6. The molecule has 110 valence electrons. The zero-order valence-corrected chi connectivity index (χ0v) is 14.1. The van der Waals surface area contributed by atoms with E-state index in [-0.39, 0.29) is 0 Å². The third-order valence-electron chi connectivity index (χ3n) is 3.27. The van der Waals surface area contributed by atoms with Gasteiger partial charge in [-0.1, -0.05) is 32.4 Å². The minimum Gasteiger partial charge on any atom is -0.493 e. The standard InChI is InChI=1S/C16H22ClNOS/c1-5-19-16-14(11(2)3)8-13(17)9-15(16)12(4)6-7-20-10-18/h8-9,11-12H,5-7H2,1-4H3. The number of halogens is 1. The molecule has 1 aromatic rings. The molecule has 0 fully saturated rings. The van der Waals surface area contributed by atoms with E-state index in [2.05, 4.69) is 26.2 Å². The van der Waals surface area contributed by atoms with Crippen molar-refractivity contribution in [1.29, 1.82) is 5.26 Å². The number of thioether (sulfide) groups is 1. The van der Waals surface area contributed by atoms with E-state index >= 15 is 0 Å². The average Bonchev–Trinajstić information content (AvgIpc) is 2.40. The number of hydrogen-bond donors (Lipinski definition) is 0. The molecule has 0 bridgehead atoms. The molecule has 0 amide bonds. The van der Waals surface area contributed by atoms with Crippen LogP contribution in [0.15, 0.2) is 12.1 Å². The highest BCUT2D eigenvalue weighted by Gasteiger charge is 2.18. The van der Waals surface area contributed by atoms with Gasteiger partial charge in [0.25, 0.3) is 0 Å². The Morgan fingerprint density at radius 2 is 1.95 bits per heavy atom. The molecule has 0 spiro atoms. The Bertz CT molecular complexity index is 482. The summed E-state index contributed by atoms with van der Waals surface area (Å²) in [5.74, 6) is 2.50. The molecule has 0 saturated heterocycles. The second kappa shape index (κ2) is 8.44. The van der Waals surface area contributed by atoms with Crippen molar-refractivity contribution in [2.75, 3.05) is 12.4 Å². The molecule has 0 aliphatic heterocycles. The number of rotatable bonds is 7. The maximum absolute atomic E-state index is 8.62. The first-order valence-corrected chi connectivity index (χ1v) is 8.34. The summed E-state index contributed by atoms with van der Waals surface area (Å²) in [5, 5.41) is 11.5. The highest BCUT2D eigenvalue weighted by molar-refractivity contribution is 8.03. The smallest absolute Gasteiger partial charge is 0.133 e. The van der Waals surface area contributed by atoms with Gasteiger partial charge >= 0.3 is 0 Å². The Kier molecular flexibility index (Phi) is 7.26. The van der Waals surface area contributed by atoms with Crippen LogP contribution in [0.1, 0.15) is 57.1 Å². The largest absolute Gasteiger partial charge is 0.493 e. The molecule has 0 aliphatic carbocycles. The third-order valence-corrected chi connectivity index (χ3v) is 4.06. The van der Waals surface area contributed by atoms with Crippen molar-refractivity contribution in [2.24, 2.45) is 0 Å². The number of thiocyanates is 1. The van der Waals surface area contributed by atoms with Gasteiger partial charge in [0.2, 0.25) is 0 Å². The van der Waals surface area contributed by atoms with Crippen LogP contribution in [-0.2, 0) is 0 Å². The number of hydrogen-bond acceptors (Lipinski definition) is 3. The second-order valence-electron chi connectivity index (χ2n) is 5.13. The second-order valence-corrected chi connectivity index (χ2v) is 6.45. The van der Waals surface area contributed by atoms with Gasteiger partial charge in [-0.3, -0.25) is 0 Å². The lowest BCUT2D eigenvalue weighted by Crippen LogP contribution is -2.06. The summed E-state index contributed by atoms with van der Waals surface area (Å²) in [7, 11) is 0. The minimum atomic E-state index is 0.327. The van der Waals surface area contributed by atoms with Crippen LogP contribution in [0.4, 0.5) is 0 Å². The molecule has 0 radical (unpaired) electrons. The molecule has 0 aliphatic rings. The van der Waals surface area contributed by atoms with E-state index in [1.807, 2.05) is 19.1 Å². The van der Waals surface area contributed by atoms with Gasteiger partial charge in [-0.05, 0) is 60.2 Å². The van der Waals surface area contributed by atoms with Gasteiger partial charge in [0.05, 0.1) is 6.61 Å². The van der Waals surface area contributed by atoms with Crippen LogP contribution in [0.5, 0.6) is 5.75 Å². The average molecular weight is 312 g/mol. The van der Waals surface area contributed by atoms with Crippen LogP contribution in [-0.4, -0.2) is 12.4 Å². The Hall–Kier alpha value is -0.850. The maximum atomic E-state index is 8.62. The van der Waals surface area contributed by atoms with Gasteiger partial charge in [0.1, 0.15) is 11.2 Å². The van der Waals surface area contributed by atoms with Crippen LogP contribution < -0.4 is 4.74 Å². The van der Waals surface area contributed by atoms with Crippen molar-refractivity contribution < 1.29 is 4.74 Å². The van der Waals surface area contributed by atoms with Crippen molar-refractivity contribution in [2.45, 2.75) is 46.0 Å². The molecule has 2 nitrogen and oxygen atoms in total. The summed E-state index contributed by atoms with van der Waals surface area (Å²) in [6.07, 6.45) is 0.941. The van der Waals surface area contributed by atoms with Gasteiger partial charge in [0, 0.05) is 10.8 Å². The number of benzene rings is 1. The quantitative estimate of drug-likeness (QED) is 0.487. The third kappa shape index (κ3) is 4.61. The minimum absolute atomic E-state index is 0.327. The van der Waals surface area contributed by atoms with Crippen LogP contribution in [0.3, 0.4) is 0 Å². The normalized spacial score (nSPS) is 12.2. The van der Waals surface area contributed by atoms with Gasteiger partial charge in [0.15, 0.2) is 0 Å². The molecule has 1 aromatic carbocycles. The fourth-order valence-corrected chi connectivity index (χ4v) is 2.98. The monoisotopic (exact) mass is 311 g/mol. The molecule has 1 atom stereocenters. The van der Waals surface area contributed by atoms with E-state index in [0.717, 1.165) is 34.1 Å². The molecular weight excluding hydrogens is 290 g/mol.